The van der Waals surface area contributed by atoms with E-state index in [1.54, 1.807) is 13.1 Å². The third-order valence-corrected chi connectivity index (χ3v) is 3.78. The van der Waals surface area contributed by atoms with Gasteiger partial charge in [-0.15, -0.1) is 0 Å². The number of Topliss-reactive ketones (excluding diaryl/α,β-unsaturated/α-hetero) is 1. The fraction of sp³-hybridized carbons (Fsp3) is 0.412. The minimum Gasteiger partial charge on any atom is -0.491 e. The van der Waals surface area contributed by atoms with Gasteiger partial charge >= 0.3 is 0 Å². The van der Waals surface area contributed by atoms with Crippen molar-refractivity contribution in [2.75, 3.05) is 6.61 Å². The van der Waals surface area contributed by atoms with E-state index >= 15 is 0 Å². The number of imidazole rings is 1. The standard InChI is InChI=1S/C17H20N2O3/c1-3-4-15(12(2)20)22-13-5-6-14-16(11-13)21-10-9-19-8-7-18-17(14)19/h5-8,11,15H,3-4,9-10H2,1-2H3/t15-/m0/s1. The summed E-state index contributed by atoms with van der Waals surface area (Å²) in [6, 6.07) is 5.67. The first-order valence-electron chi connectivity index (χ1n) is 7.64. The molecule has 0 amide bonds. The monoisotopic (exact) mass is 300 g/mol. The maximum absolute atomic E-state index is 11.6. The Morgan fingerprint density at radius 1 is 1.50 bits per heavy atom. The van der Waals surface area contributed by atoms with Crippen LogP contribution in [0.25, 0.3) is 11.4 Å². The van der Waals surface area contributed by atoms with E-state index in [4.69, 9.17) is 9.47 Å². The molecular weight excluding hydrogens is 280 g/mol. The number of carbonyl (C=O) groups excluding carboxylic acids is 1. The summed E-state index contributed by atoms with van der Waals surface area (Å²) in [7, 11) is 0. The van der Waals surface area contributed by atoms with Crippen molar-refractivity contribution in [3.8, 4) is 22.9 Å². The van der Waals surface area contributed by atoms with Crippen molar-refractivity contribution in [3.05, 3.63) is 30.6 Å². The van der Waals surface area contributed by atoms with Gasteiger partial charge in [0.15, 0.2) is 11.9 Å². The second-order valence-corrected chi connectivity index (χ2v) is 5.46. The highest BCUT2D eigenvalue weighted by atomic mass is 16.5. The van der Waals surface area contributed by atoms with Crippen LogP contribution in [0.1, 0.15) is 26.7 Å². The molecule has 0 bridgehead atoms. The molecule has 0 saturated carbocycles. The lowest BCUT2D eigenvalue weighted by atomic mass is 10.1. The van der Waals surface area contributed by atoms with Crippen molar-refractivity contribution in [1.29, 1.82) is 0 Å². The highest BCUT2D eigenvalue weighted by Crippen LogP contribution is 2.34. The van der Waals surface area contributed by atoms with Gasteiger partial charge in [-0.05, 0) is 25.5 Å². The molecule has 1 aromatic carbocycles. The molecule has 1 aliphatic rings. The predicted molar refractivity (Wildman–Crippen MR) is 83.2 cm³/mol. The first-order valence-corrected chi connectivity index (χ1v) is 7.64. The molecule has 0 spiro atoms. The number of aromatic nitrogens is 2. The number of fused-ring (bicyclic) bond motifs is 3. The van der Waals surface area contributed by atoms with Crippen LogP contribution in [0.3, 0.4) is 0 Å². The van der Waals surface area contributed by atoms with Crippen LogP contribution in [-0.4, -0.2) is 28.0 Å². The van der Waals surface area contributed by atoms with Gasteiger partial charge in [0.25, 0.3) is 0 Å². The van der Waals surface area contributed by atoms with Crippen molar-refractivity contribution in [1.82, 2.24) is 9.55 Å². The largest absolute Gasteiger partial charge is 0.491 e. The Bertz CT molecular complexity index is 678. The highest BCUT2D eigenvalue weighted by Gasteiger charge is 2.19. The van der Waals surface area contributed by atoms with Gasteiger partial charge in [-0.1, -0.05) is 13.3 Å². The number of rotatable bonds is 5. The predicted octanol–water partition coefficient (Wildman–Crippen LogP) is 3.08. The van der Waals surface area contributed by atoms with E-state index in [-0.39, 0.29) is 5.78 Å². The van der Waals surface area contributed by atoms with Crippen molar-refractivity contribution < 1.29 is 14.3 Å². The molecule has 0 fully saturated rings. The quantitative estimate of drug-likeness (QED) is 0.851. The second kappa shape index (κ2) is 6.22. The molecule has 3 rings (SSSR count). The van der Waals surface area contributed by atoms with E-state index in [1.165, 1.54) is 0 Å². The SMILES string of the molecule is CCC[C@H](Oc1ccc2c(c1)OCCn1ccnc1-2)C(C)=O. The molecule has 1 aromatic heterocycles. The zero-order valence-corrected chi connectivity index (χ0v) is 12.9. The summed E-state index contributed by atoms with van der Waals surface area (Å²) in [4.78, 5) is 16.0. The Hall–Kier alpha value is -2.30. The van der Waals surface area contributed by atoms with Crippen LogP contribution in [0.4, 0.5) is 0 Å². The maximum atomic E-state index is 11.6. The summed E-state index contributed by atoms with van der Waals surface area (Å²) in [6.45, 7) is 4.97. The molecule has 1 atom stereocenters. The van der Waals surface area contributed by atoms with Crippen molar-refractivity contribution in [3.63, 3.8) is 0 Å². The molecule has 5 heteroatoms. The number of nitrogens with zero attached hydrogens (tertiary/aromatic N) is 2. The first-order chi connectivity index (χ1) is 10.7. The normalized spacial score (nSPS) is 14.3. The maximum Gasteiger partial charge on any atom is 0.170 e. The van der Waals surface area contributed by atoms with Crippen LogP contribution in [0.5, 0.6) is 11.5 Å². The molecule has 0 saturated heterocycles. The Morgan fingerprint density at radius 3 is 3.14 bits per heavy atom. The Balaban J connectivity index is 1.89. The number of carbonyl (C=O) groups is 1. The smallest absolute Gasteiger partial charge is 0.170 e. The molecule has 2 aromatic rings. The summed E-state index contributed by atoms with van der Waals surface area (Å²) >= 11 is 0. The third-order valence-electron chi connectivity index (χ3n) is 3.78. The Morgan fingerprint density at radius 2 is 2.36 bits per heavy atom. The van der Waals surface area contributed by atoms with Crippen LogP contribution in [0.15, 0.2) is 30.6 Å². The minimum atomic E-state index is -0.393. The molecule has 1 aliphatic heterocycles. The molecule has 0 radical (unpaired) electrons. The zero-order valence-electron chi connectivity index (χ0n) is 12.9. The van der Waals surface area contributed by atoms with E-state index in [2.05, 4.69) is 9.55 Å². The molecule has 116 valence electrons. The average molecular weight is 300 g/mol. The van der Waals surface area contributed by atoms with Gasteiger partial charge in [0, 0.05) is 18.5 Å². The molecule has 0 unspecified atom stereocenters. The topological polar surface area (TPSA) is 53.4 Å². The van der Waals surface area contributed by atoms with Gasteiger partial charge in [0.05, 0.1) is 12.1 Å². The second-order valence-electron chi connectivity index (χ2n) is 5.46. The summed E-state index contributed by atoms with van der Waals surface area (Å²) in [5.74, 6) is 2.36. The molecule has 2 heterocycles. The Kier molecular flexibility index (Phi) is 4.13. The fourth-order valence-corrected chi connectivity index (χ4v) is 2.64. The number of hydrogen-bond donors (Lipinski definition) is 0. The summed E-state index contributed by atoms with van der Waals surface area (Å²) in [6.07, 6.45) is 4.98. The summed E-state index contributed by atoms with van der Waals surface area (Å²) in [5.41, 5.74) is 0.949. The van der Waals surface area contributed by atoms with Crippen molar-refractivity contribution >= 4 is 5.78 Å². The van der Waals surface area contributed by atoms with Gasteiger partial charge in [0.1, 0.15) is 23.9 Å². The van der Waals surface area contributed by atoms with Crippen LogP contribution in [-0.2, 0) is 11.3 Å². The summed E-state index contributed by atoms with van der Waals surface area (Å²) in [5, 5.41) is 0. The lowest BCUT2D eigenvalue weighted by Gasteiger charge is -2.17. The van der Waals surface area contributed by atoms with E-state index < -0.39 is 6.10 Å². The van der Waals surface area contributed by atoms with Crippen molar-refractivity contribution in [2.45, 2.75) is 39.3 Å². The van der Waals surface area contributed by atoms with Crippen LogP contribution < -0.4 is 9.47 Å². The Labute approximate surface area is 129 Å². The van der Waals surface area contributed by atoms with E-state index in [1.807, 2.05) is 31.3 Å². The highest BCUT2D eigenvalue weighted by molar-refractivity contribution is 5.80. The lowest BCUT2D eigenvalue weighted by Crippen LogP contribution is -2.24. The number of hydrogen-bond acceptors (Lipinski definition) is 4. The van der Waals surface area contributed by atoms with Gasteiger partial charge in [0.2, 0.25) is 0 Å². The van der Waals surface area contributed by atoms with Crippen molar-refractivity contribution in [2.24, 2.45) is 0 Å². The van der Waals surface area contributed by atoms with Gasteiger partial charge in [-0.3, -0.25) is 4.79 Å². The van der Waals surface area contributed by atoms with Crippen LogP contribution in [0, 0.1) is 0 Å². The molecule has 5 nitrogen and oxygen atoms in total. The van der Waals surface area contributed by atoms with Crippen LogP contribution >= 0.6 is 0 Å². The molecule has 0 aliphatic carbocycles. The molecule has 0 N–H and O–H groups in total. The number of benzene rings is 1. The average Bonchev–Trinajstić information content (AvgIpc) is 2.89. The third kappa shape index (κ3) is 2.84. The number of ketones is 1. The van der Waals surface area contributed by atoms with Crippen LogP contribution in [0.2, 0.25) is 0 Å². The summed E-state index contributed by atoms with van der Waals surface area (Å²) < 4.78 is 13.7. The van der Waals surface area contributed by atoms with Gasteiger partial charge in [-0.2, -0.15) is 0 Å². The zero-order chi connectivity index (χ0) is 15.5. The fourth-order valence-electron chi connectivity index (χ4n) is 2.64. The number of ether oxygens (including phenoxy) is 2. The van der Waals surface area contributed by atoms with E-state index in [0.29, 0.717) is 12.4 Å². The molecule has 22 heavy (non-hydrogen) atoms. The molecular formula is C17H20N2O3. The lowest BCUT2D eigenvalue weighted by molar-refractivity contribution is -0.123. The first kappa shape index (κ1) is 14.6. The van der Waals surface area contributed by atoms with Gasteiger partial charge in [-0.25, -0.2) is 4.98 Å². The van der Waals surface area contributed by atoms with Gasteiger partial charge < -0.3 is 14.0 Å². The van der Waals surface area contributed by atoms with E-state index in [0.717, 1.165) is 36.5 Å². The minimum absolute atomic E-state index is 0.0493. The van der Waals surface area contributed by atoms with E-state index in [9.17, 15) is 4.79 Å².